The molecule has 3 rings (SSSR count). The molecule has 0 unspecified atom stereocenters. The summed E-state index contributed by atoms with van der Waals surface area (Å²) in [6.45, 7) is 6.26. The highest BCUT2D eigenvalue weighted by molar-refractivity contribution is 5.94. The molecule has 2 aromatic carbocycles. The molecule has 0 atom stereocenters. The maximum atomic E-state index is 12.2. The van der Waals surface area contributed by atoms with E-state index in [1.54, 1.807) is 24.3 Å². The zero-order chi connectivity index (χ0) is 17.6. The number of nitrogens with two attached hydrogens (primary N) is 1. The van der Waals surface area contributed by atoms with Crippen LogP contribution in [0.5, 0.6) is 0 Å². The Bertz CT molecular complexity index is 714. The number of nitrogens with one attached hydrogen (secondary N) is 1. The van der Waals surface area contributed by atoms with Gasteiger partial charge in [-0.15, -0.1) is 24.8 Å². The van der Waals surface area contributed by atoms with Crippen molar-refractivity contribution in [2.75, 3.05) is 18.8 Å². The number of hydrogen-bond acceptors (Lipinski definition) is 3. The summed E-state index contributed by atoms with van der Waals surface area (Å²) >= 11 is 0. The van der Waals surface area contributed by atoms with Crippen molar-refractivity contribution in [1.82, 2.24) is 10.2 Å². The van der Waals surface area contributed by atoms with Gasteiger partial charge in [-0.25, -0.2) is 0 Å². The number of anilines is 1. The van der Waals surface area contributed by atoms with Gasteiger partial charge in [-0.3, -0.25) is 9.69 Å². The first kappa shape index (κ1) is 23.3. The minimum Gasteiger partial charge on any atom is -0.399 e. The van der Waals surface area contributed by atoms with Crippen LogP contribution in [0.25, 0.3) is 0 Å². The number of halogens is 2. The van der Waals surface area contributed by atoms with Gasteiger partial charge in [-0.1, -0.05) is 37.3 Å². The molecule has 27 heavy (non-hydrogen) atoms. The third-order valence-corrected chi connectivity index (χ3v) is 4.91. The number of piperidine rings is 1. The Balaban J connectivity index is 0.00000182. The van der Waals surface area contributed by atoms with E-state index >= 15 is 0 Å². The first-order valence-corrected chi connectivity index (χ1v) is 9.04. The maximum absolute atomic E-state index is 12.2. The average molecular weight is 410 g/mol. The van der Waals surface area contributed by atoms with Gasteiger partial charge in [0.1, 0.15) is 0 Å². The molecule has 1 aliphatic rings. The van der Waals surface area contributed by atoms with Crippen LogP contribution in [0.2, 0.25) is 0 Å². The molecule has 0 spiro atoms. The summed E-state index contributed by atoms with van der Waals surface area (Å²) in [4.78, 5) is 14.7. The van der Waals surface area contributed by atoms with Gasteiger partial charge in [0.2, 0.25) is 0 Å². The molecule has 1 heterocycles. The molecule has 3 N–H and O–H groups in total. The second kappa shape index (κ2) is 11.2. The number of nitrogens with zero attached hydrogens (tertiary/aromatic N) is 1. The van der Waals surface area contributed by atoms with Gasteiger partial charge in [-0.05, 0) is 61.2 Å². The molecular formula is C21H29Cl2N3O. The Morgan fingerprint density at radius 3 is 2.33 bits per heavy atom. The quantitative estimate of drug-likeness (QED) is 0.724. The summed E-state index contributed by atoms with van der Waals surface area (Å²) in [5, 5.41) is 2.94. The van der Waals surface area contributed by atoms with Crippen molar-refractivity contribution in [2.45, 2.75) is 32.9 Å². The number of benzene rings is 2. The lowest BCUT2D eigenvalue weighted by Gasteiger charge is -2.30. The summed E-state index contributed by atoms with van der Waals surface area (Å²) in [5.74, 6) is 0.765. The highest BCUT2D eigenvalue weighted by Crippen LogP contribution is 2.18. The van der Waals surface area contributed by atoms with Crippen LogP contribution in [0, 0.1) is 5.92 Å². The Labute approximate surface area is 174 Å². The van der Waals surface area contributed by atoms with E-state index in [2.05, 4.69) is 41.4 Å². The number of hydrogen-bond donors (Lipinski definition) is 2. The summed E-state index contributed by atoms with van der Waals surface area (Å²) in [7, 11) is 0. The fourth-order valence-corrected chi connectivity index (χ4v) is 3.21. The van der Waals surface area contributed by atoms with Crippen molar-refractivity contribution in [3.63, 3.8) is 0 Å². The van der Waals surface area contributed by atoms with E-state index in [0.29, 0.717) is 17.8 Å². The standard InChI is InChI=1S/C21H27N3O.2ClH/c1-16-9-11-24(12-10-16)15-18-7-5-17(6-8-18)14-23-21(25)19-3-2-4-20(22)13-19;;/h2-8,13,16H,9-12,14-15,22H2,1H3,(H,23,25);2*1H. The van der Waals surface area contributed by atoms with E-state index in [4.69, 9.17) is 5.73 Å². The van der Waals surface area contributed by atoms with E-state index in [1.165, 1.54) is 31.5 Å². The van der Waals surface area contributed by atoms with Crippen LogP contribution in [0.1, 0.15) is 41.3 Å². The van der Waals surface area contributed by atoms with Gasteiger partial charge < -0.3 is 11.1 Å². The SMILES string of the molecule is CC1CCN(Cc2ccc(CNC(=O)c3cccc(N)c3)cc2)CC1.Cl.Cl. The number of carbonyl (C=O) groups is 1. The molecule has 1 saturated heterocycles. The molecular weight excluding hydrogens is 381 g/mol. The van der Waals surface area contributed by atoms with Crippen molar-refractivity contribution in [3.8, 4) is 0 Å². The summed E-state index contributed by atoms with van der Waals surface area (Å²) in [6, 6.07) is 15.6. The Morgan fingerprint density at radius 1 is 1.07 bits per heavy atom. The van der Waals surface area contributed by atoms with Gasteiger partial charge in [-0.2, -0.15) is 0 Å². The second-order valence-electron chi connectivity index (χ2n) is 7.08. The van der Waals surface area contributed by atoms with E-state index < -0.39 is 0 Å². The largest absolute Gasteiger partial charge is 0.399 e. The molecule has 6 heteroatoms. The lowest BCUT2D eigenvalue weighted by Crippen LogP contribution is -2.32. The molecule has 0 radical (unpaired) electrons. The van der Waals surface area contributed by atoms with Gasteiger partial charge >= 0.3 is 0 Å². The monoisotopic (exact) mass is 409 g/mol. The van der Waals surface area contributed by atoms with Crippen LogP contribution in [0.4, 0.5) is 5.69 Å². The molecule has 0 saturated carbocycles. The Kier molecular flexibility index (Phi) is 9.64. The van der Waals surface area contributed by atoms with Gasteiger partial charge in [0.15, 0.2) is 0 Å². The normalized spacial score (nSPS) is 14.7. The van der Waals surface area contributed by atoms with Crippen molar-refractivity contribution in [2.24, 2.45) is 5.92 Å². The summed E-state index contributed by atoms with van der Waals surface area (Å²) in [5.41, 5.74) is 9.35. The Hall–Kier alpha value is -1.75. The average Bonchev–Trinajstić information content (AvgIpc) is 2.63. The van der Waals surface area contributed by atoms with Crippen LogP contribution >= 0.6 is 24.8 Å². The third-order valence-electron chi connectivity index (χ3n) is 4.91. The van der Waals surface area contributed by atoms with E-state index in [-0.39, 0.29) is 30.7 Å². The summed E-state index contributed by atoms with van der Waals surface area (Å²) in [6.07, 6.45) is 2.60. The van der Waals surface area contributed by atoms with Crippen molar-refractivity contribution in [1.29, 1.82) is 0 Å². The summed E-state index contributed by atoms with van der Waals surface area (Å²) < 4.78 is 0. The van der Waals surface area contributed by atoms with Crippen LogP contribution in [0.3, 0.4) is 0 Å². The van der Waals surface area contributed by atoms with E-state index in [1.807, 2.05) is 0 Å². The fourth-order valence-electron chi connectivity index (χ4n) is 3.21. The van der Waals surface area contributed by atoms with Crippen LogP contribution < -0.4 is 11.1 Å². The topological polar surface area (TPSA) is 58.4 Å². The van der Waals surface area contributed by atoms with Crippen molar-refractivity contribution in [3.05, 3.63) is 65.2 Å². The molecule has 1 aliphatic heterocycles. The number of nitrogen functional groups attached to an aromatic ring is 1. The van der Waals surface area contributed by atoms with E-state index in [9.17, 15) is 4.79 Å². The minimum atomic E-state index is -0.0983. The lowest BCUT2D eigenvalue weighted by molar-refractivity contribution is 0.0951. The zero-order valence-corrected chi connectivity index (χ0v) is 17.3. The van der Waals surface area contributed by atoms with Crippen molar-refractivity contribution < 1.29 is 4.79 Å². The third kappa shape index (κ3) is 7.06. The smallest absolute Gasteiger partial charge is 0.251 e. The predicted molar refractivity (Wildman–Crippen MR) is 117 cm³/mol. The second-order valence-corrected chi connectivity index (χ2v) is 7.08. The van der Waals surface area contributed by atoms with Gasteiger partial charge in [0.25, 0.3) is 5.91 Å². The van der Waals surface area contributed by atoms with Crippen LogP contribution in [-0.4, -0.2) is 23.9 Å². The highest BCUT2D eigenvalue weighted by Gasteiger charge is 2.15. The van der Waals surface area contributed by atoms with Crippen LogP contribution in [-0.2, 0) is 13.1 Å². The van der Waals surface area contributed by atoms with Crippen molar-refractivity contribution >= 4 is 36.4 Å². The molecule has 148 valence electrons. The number of rotatable bonds is 5. The number of likely N-dealkylation sites (tertiary alicyclic amines) is 1. The molecule has 0 aliphatic carbocycles. The fraction of sp³-hybridized carbons (Fsp3) is 0.381. The molecule has 1 amide bonds. The molecule has 1 fully saturated rings. The predicted octanol–water partition coefficient (Wildman–Crippen LogP) is 4.27. The molecule has 2 aromatic rings. The first-order chi connectivity index (χ1) is 12.1. The Morgan fingerprint density at radius 2 is 1.70 bits per heavy atom. The van der Waals surface area contributed by atoms with E-state index in [0.717, 1.165) is 18.0 Å². The minimum absolute atomic E-state index is 0. The first-order valence-electron chi connectivity index (χ1n) is 9.04. The van der Waals surface area contributed by atoms with Gasteiger partial charge in [0, 0.05) is 24.3 Å². The molecule has 0 aromatic heterocycles. The maximum Gasteiger partial charge on any atom is 0.251 e. The molecule has 0 bridgehead atoms. The zero-order valence-electron chi connectivity index (χ0n) is 15.7. The number of carbonyl (C=O) groups excluding carboxylic acids is 1. The van der Waals surface area contributed by atoms with Crippen LogP contribution in [0.15, 0.2) is 48.5 Å². The lowest BCUT2D eigenvalue weighted by atomic mass is 9.99. The van der Waals surface area contributed by atoms with Gasteiger partial charge in [0.05, 0.1) is 0 Å². The number of amides is 1. The highest BCUT2D eigenvalue weighted by atomic mass is 35.5. The molecule has 4 nitrogen and oxygen atoms in total.